The molecule has 1 aliphatic heterocycles. The number of hydrogen-bond donors (Lipinski definition) is 2. The summed E-state index contributed by atoms with van der Waals surface area (Å²) in [6.45, 7) is 13.0. The van der Waals surface area contributed by atoms with E-state index in [1.165, 1.54) is 0 Å². The lowest BCUT2D eigenvalue weighted by Gasteiger charge is -2.42. The van der Waals surface area contributed by atoms with Gasteiger partial charge in [-0.25, -0.2) is 0 Å². The molecule has 5 heteroatoms. The zero-order valence-corrected chi connectivity index (χ0v) is 14.1. The Labute approximate surface area is 117 Å². The molecular weight excluding hydrogens is 262 g/mol. The van der Waals surface area contributed by atoms with Gasteiger partial charge in [0.25, 0.3) is 0 Å². The molecule has 0 aromatic heterocycles. The van der Waals surface area contributed by atoms with Crippen LogP contribution < -0.4 is 5.32 Å². The number of amides is 1. The Kier molecular flexibility index (Phi) is 4.73. The normalized spacial score (nSPS) is 24.7. The molecule has 18 heavy (non-hydrogen) atoms. The molecule has 1 fully saturated rings. The molecule has 0 aromatic carbocycles. The van der Waals surface area contributed by atoms with Gasteiger partial charge in [0.1, 0.15) is 5.92 Å². The van der Waals surface area contributed by atoms with E-state index in [0.29, 0.717) is 5.75 Å². The molecule has 0 aliphatic carbocycles. The van der Waals surface area contributed by atoms with Crippen molar-refractivity contribution >= 4 is 26.9 Å². The molecule has 3 nitrogen and oxygen atoms in total. The van der Waals surface area contributed by atoms with Crippen LogP contribution >= 0.6 is 12.6 Å². The lowest BCUT2D eigenvalue weighted by Crippen LogP contribution is -2.55. The van der Waals surface area contributed by atoms with Crippen LogP contribution in [0.1, 0.15) is 27.7 Å². The Morgan fingerprint density at radius 2 is 2.06 bits per heavy atom. The maximum Gasteiger partial charge on any atom is 0.235 e. The van der Waals surface area contributed by atoms with E-state index in [1.807, 2.05) is 13.0 Å². The first kappa shape index (κ1) is 15.8. The van der Waals surface area contributed by atoms with Crippen molar-refractivity contribution in [2.75, 3.05) is 5.75 Å². The second kappa shape index (κ2) is 5.39. The van der Waals surface area contributed by atoms with Crippen LogP contribution in [0.15, 0.2) is 11.8 Å². The smallest absolute Gasteiger partial charge is 0.235 e. The number of β-lactam (4-membered cyclic amide) rings is 1. The fraction of sp³-hybridized carbons (Fsp3) is 0.769. The van der Waals surface area contributed by atoms with Gasteiger partial charge in [-0.2, -0.15) is 12.6 Å². The molecule has 0 spiro atoms. The number of nitrogens with one attached hydrogen (secondary N) is 1. The van der Waals surface area contributed by atoms with Crippen LogP contribution in [0.4, 0.5) is 0 Å². The summed E-state index contributed by atoms with van der Waals surface area (Å²) in [5, 5.41) is 2.97. The summed E-state index contributed by atoms with van der Waals surface area (Å²) in [5.74, 6) is 0.569. The molecule has 1 N–H and O–H groups in total. The Hall–Kier alpha value is -0.263. The average Bonchev–Trinajstić information content (AvgIpc) is 2.13. The summed E-state index contributed by atoms with van der Waals surface area (Å²) in [4.78, 5) is 11.7. The van der Waals surface area contributed by atoms with E-state index in [1.54, 1.807) is 0 Å². The van der Waals surface area contributed by atoms with Crippen molar-refractivity contribution in [2.24, 2.45) is 5.92 Å². The van der Waals surface area contributed by atoms with Gasteiger partial charge in [0.05, 0.1) is 6.10 Å². The maximum absolute atomic E-state index is 11.7. The van der Waals surface area contributed by atoms with Crippen LogP contribution in [0.5, 0.6) is 0 Å². The summed E-state index contributed by atoms with van der Waals surface area (Å²) >= 11 is 4.16. The van der Waals surface area contributed by atoms with Crippen molar-refractivity contribution in [2.45, 2.75) is 51.9 Å². The second-order valence-corrected chi connectivity index (χ2v) is 11.5. The molecule has 1 aliphatic rings. The maximum atomic E-state index is 11.7. The first-order valence-corrected chi connectivity index (χ1v) is 9.94. The Bertz CT molecular complexity index is 360. The van der Waals surface area contributed by atoms with Gasteiger partial charge in [-0.3, -0.25) is 4.79 Å². The molecule has 1 amide bonds. The molecule has 0 saturated carbocycles. The van der Waals surface area contributed by atoms with Crippen molar-refractivity contribution in [1.29, 1.82) is 0 Å². The second-order valence-electron chi connectivity index (χ2n) is 6.39. The lowest BCUT2D eigenvalue weighted by atomic mass is 9.91. The van der Waals surface area contributed by atoms with Gasteiger partial charge < -0.3 is 9.74 Å². The number of carbonyl (C=O) groups excluding carboxylic acids is 1. The SMILES string of the molecule is C[C@@H](O[Si](C)(C)C(C)(C)C)[C@H]1C(=O)N/C1=C/CS. The van der Waals surface area contributed by atoms with Gasteiger partial charge >= 0.3 is 0 Å². The monoisotopic (exact) mass is 287 g/mol. The topological polar surface area (TPSA) is 38.3 Å². The minimum atomic E-state index is -1.82. The van der Waals surface area contributed by atoms with Gasteiger partial charge in [0.15, 0.2) is 8.32 Å². The van der Waals surface area contributed by atoms with Gasteiger partial charge in [-0.05, 0) is 25.1 Å². The van der Waals surface area contributed by atoms with Crippen molar-refractivity contribution in [3.63, 3.8) is 0 Å². The van der Waals surface area contributed by atoms with Crippen LogP contribution in [0.2, 0.25) is 18.1 Å². The lowest BCUT2D eigenvalue weighted by molar-refractivity contribution is -0.131. The average molecular weight is 288 g/mol. The van der Waals surface area contributed by atoms with Gasteiger partial charge in [-0.15, -0.1) is 0 Å². The first-order chi connectivity index (χ1) is 8.10. The highest BCUT2D eigenvalue weighted by atomic mass is 32.1. The Balaban J connectivity index is 2.74. The van der Waals surface area contributed by atoms with E-state index in [-0.39, 0.29) is 23.0 Å². The minimum Gasteiger partial charge on any atom is -0.413 e. The standard InChI is InChI=1S/C13H25NO2SSi/c1-9(16-18(5,6)13(2,3)4)11-10(7-8-17)14-12(11)15/h7,9,11,17H,8H2,1-6H3,(H,14,15)/b10-7+/t9-,11-/m1/s1. The molecule has 2 atom stereocenters. The summed E-state index contributed by atoms with van der Waals surface area (Å²) in [6, 6.07) is 0. The molecule has 1 rings (SSSR count). The molecule has 0 aromatic rings. The van der Waals surface area contributed by atoms with Crippen LogP contribution in [0.3, 0.4) is 0 Å². The Morgan fingerprint density at radius 3 is 2.44 bits per heavy atom. The first-order valence-electron chi connectivity index (χ1n) is 6.40. The predicted molar refractivity (Wildman–Crippen MR) is 81.3 cm³/mol. The van der Waals surface area contributed by atoms with Crippen LogP contribution in [-0.4, -0.2) is 26.1 Å². The van der Waals surface area contributed by atoms with Crippen molar-refractivity contribution in [3.05, 3.63) is 11.8 Å². The summed E-state index contributed by atoms with van der Waals surface area (Å²) in [6.07, 6.45) is 1.88. The highest BCUT2D eigenvalue weighted by Gasteiger charge is 2.44. The zero-order chi connectivity index (χ0) is 14.1. The van der Waals surface area contributed by atoms with E-state index < -0.39 is 8.32 Å². The largest absolute Gasteiger partial charge is 0.413 e. The van der Waals surface area contributed by atoms with Gasteiger partial charge in [0, 0.05) is 11.4 Å². The summed E-state index contributed by atoms with van der Waals surface area (Å²) < 4.78 is 6.27. The fourth-order valence-corrected chi connectivity index (χ4v) is 3.43. The van der Waals surface area contributed by atoms with Gasteiger partial charge in [0.2, 0.25) is 5.91 Å². The molecule has 1 saturated heterocycles. The number of hydrogen-bond acceptors (Lipinski definition) is 3. The summed E-state index contributed by atoms with van der Waals surface area (Å²) in [7, 11) is -1.82. The van der Waals surface area contributed by atoms with Crippen molar-refractivity contribution in [3.8, 4) is 0 Å². The molecule has 1 heterocycles. The van der Waals surface area contributed by atoms with Crippen molar-refractivity contribution in [1.82, 2.24) is 5.32 Å². The Morgan fingerprint density at radius 1 is 1.50 bits per heavy atom. The predicted octanol–water partition coefficient (Wildman–Crippen LogP) is 2.96. The quantitative estimate of drug-likeness (QED) is 0.474. The van der Waals surface area contributed by atoms with E-state index in [9.17, 15) is 4.79 Å². The van der Waals surface area contributed by atoms with Crippen molar-refractivity contribution < 1.29 is 9.22 Å². The molecule has 0 radical (unpaired) electrons. The molecule has 104 valence electrons. The van der Waals surface area contributed by atoms with Crippen LogP contribution in [-0.2, 0) is 9.22 Å². The third kappa shape index (κ3) is 3.19. The highest BCUT2D eigenvalue weighted by molar-refractivity contribution is 7.80. The van der Waals surface area contributed by atoms with Crippen LogP contribution in [0.25, 0.3) is 0 Å². The highest BCUT2D eigenvalue weighted by Crippen LogP contribution is 2.39. The van der Waals surface area contributed by atoms with Crippen LogP contribution in [0, 0.1) is 5.92 Å². The van der Waals surface area contributed by atoms with E-state index in [2.05, 4.69) is 51.8 Å². The fourth-order valence-electron chi connectivity index (χ4n) is 1.81. The number of thiol groups is 1. The summed E-state index contributed by atoms with van der Waals surface area (Å²) in [5.41, 5.74) is 0.959. The minimum absolute atomic E-state index is 0.0641. The van der Waals surface area contributed by atoms with E-state index >= 15 is 0 Å². The van der Waals surface area contributed by atoms with E-state index in [0.717, 1.165) is 5.70 Å². The third-order valence-electron chi connectivity index (χ3n) is 3.95. The third-order valence-corrected chi connectivity index (χ3v) is 8.71. The number of carbonyl (C=O) groups is 1. The van der Waals surface area contributed by atoms with Gasteiger partial charge in [-0.1, -0.05) is 26.8 Å². The van der Waals surface area contributed by atoms with E-state index in [4.69, 9.17) is 4.43 Å². The molecular formula is C13H25NO2SSi. The zero-order valence-electron chi connectivity index (χ0n) is 12.2. The molecule has 0 bridgehead atoms. The molecule has 0 unspecified atom stereocenters. The number of rotatable bonds is 4.